The number of carbonyl (C=O) groups is 3. The monoisotopic (exact) mass is 573 g/mol. The molecule has 11 nitrogen and oxygen atoms in total. The lowest BCUT2D eigenvalue weighted by Gasteiger charge is -2.30. The van der Waals surface area contributed by atoms with Gasteiger partial charge in [0.25, 0.3) is 0 Å². The molecular formula is C28H35N3O8S. The Bertz CT molecular complexity index is 1310. The highest BCUT2D eigenvalue weighted by Crippen LogP contribution is 2.27. The van der Waals surface area contributed by atoms with Crippen molar-refractivity contribution in [2.75, 3.05) is 26.7 Å². The zero-order valence-corrected chi connectivity index (χ0v) is 23.4. The van der Waals surface area contributed by atoms with Crippen molar-refractivity contribution in [1.82, 2.24) is 14.5 Å². The van der Waals surface area contributed by atoms with Gasteiger partial charge in [-0.15, -0.1) is 0 Å². The third kappa shape index (κ3) is 6.98. The molecule has 0 saturated carbocycles. The molecule has 0 bridgehead atoms. The minimum absolute atomic E-state index is 0.0305. The van der Waals surface area contributed by atoms with E-state index in [9.17, 15) is 27.9 Å². The van der Waals surface area contributed by atoms with E-state index >= 15 is 0 Å². The Kier molecular flexibility index (Phi) is 9.44. The molecule has 2 fully saturated rings. The Labute approximate surface area is 234 Å². The lowest BCUT2D eigenvalue weighted by molar-refractivity contribution is -0.142. The summed E-state index contributed by atoms with van der Waals surface area (Å²) in [6.45, 7) is 3.11. The van der Waals surface area contributed by atoms with Gasteiger partial charge >= 0.3 is 12.1 Å². The van der Waals surface area contributed by atoms with Crippen molar-refractivity contribution in [3.8, 4) is 5.75 Å². The highest BCUT2D eigenvalue weighted by atomic mass is 32.2. The molecule has 2 heterocycles. The molecule has 2 aliphatic heterocycles. The van der Waals surface area contributed by atoms with Gasteiger partial charge in [-0.1, -0.05) is 29.8 Å². The minimum atomic E-state index is -3.92. The van der Waals surface area contributed by atoms with Crippen molar-refractivity contribution in [2.24, 2.45) is 0 Å². The quantitative estimate of drug-likeness (QED) is 0.466. The maximum absolute atomic E-state index is 13.2. The van der Waals surface area contributed by atoms with Gasteiger partial charge in [0.05, 0.1) is 11.0 Å². The molecule has 0 radical (unpaired) electrons. The van der Waals surface area contributed by atoms with Gasteiger partial charge in [0.1, 0.15) is 17.8 Å². The maximum Gasteiger partial charge on any atom is 0.415 e. The third-order valence-electron chi connectivity index (χ3n) is 7.35. The van der Waals surface area contributed by atoms with Crippen LogP contribution in [0.4, 0.5) is 4.79 Å². The predicted octanol–water partition coefficient (Wildman–Crippen LogP) is 2.57. The predicted molar refractivity (Wildman–Crippen MR) is 145 cm³/mol. The normalized spacial score (nSPS) is 19.2. The average Bonchev–Trinajstić information content (AvgIpc) is 3.45. The summed E-state index contributed by atoms with van der Waals surface area (Å²) in [4.78, 5) is 39.3. The van der Waals surface area contributed by atoms with Crippen molar-refractivity contribution < 1.29 is 37.4 Å². The first kappa shape index (κ1) is 29.5. The summed E-state index contributed by atoms with van der Waals surface area (Å²) in [5, 5.41) is 12.3. The van der Waals surface area contributed by atoms with Gasteiger partial charge in [-0.25, -0.2) is 18.0 Å². The van der Waals surface area contributed by atoms with Gasteiger partial charge in [0.2, 0.25) is 15.9 Å². The number of hydrogen-bond acceptors (Lipinski definition) is 7. The van der Waals surface area contributed by atoms with Crippen molar-refractivity contribution in [3.05, 3.63) is 59.7 Å². The first-order chi connectivity index (χ1) is 19.1. The molecule has 4 rings (SSSR count). The van der Waals surface area contributed by atoms with Crippen LogP contribution in [0.15, 0.2) is 53.4 Å². The van der Waals surface area contributed by atoms with E-state index in [0.717, 1.165) is 22.7 Å². The van der Waals surface area contributed by atoms with Crippen molar-refractivity contribution >= 4 is 28.0 Å². The second kappa shape index (κ2) is 12.8. The Morgan fingerprint density at radius 2 is 1.65 bits per heavy atom. The van der Waals surface area contributed by atoms with Crippen LogP contribution in [-0.4, -0.2) is 85.6 Å². The summed E-state index contributed by atoms with van der Waals surface area (Å²) >= 11 is 0. The number of nitrogens with one attached hydrogen (secondary N) is 1. The minimum Gasteiger partial charge on any atom is -0.480 e. The first-order valence-corrected chi connectivity index (χ1v) is 14.7. The number of carboxylic acid groups (broad SMARTS) is 1. The second-order valence-electron chi connectivity index (χ2n) is 10.1. The Morgan fingerprint density at radius 1 is 1.00 bits per heavy atom. The molecule has 0 spiro atoms. The second-order valence-corrected chi connectivity index (χ2v) is 12.0. The fourth-order valence-electron chi connectivity index (χ4n) is 4.97. The number of hydrogen-bond donors (Lipinski definition) is 2. The molecule has 2 aromatic carbocycles. The molecule has 2 saturated heterocycles. The molecule has 12 heteroatoms. The Hall–Kier alpha value is -3.48. The van der Waals surface area contributed by atoms with Crippen LogP contribution in [0.5, 0.6) is 5.75 Å². The van der Waals surface area contributed by atoms with Crippen LogP contribution in [0.25, 0.3) is 0 Å². The molecule has 2 N–H and O–H groups in total. The molecule has 2 aliphatic rings. The number of carbonyl (C=O) groups excluding carboxylic acids is 2. The lowest BCUT2D eigenvalue weighted by atomic mass is 10.1. The number of benzene rings is 2. The first-order valence-electron chi connectivity index (χ1n) is 13.3. The average molecular weight is 574 g/mol. The van der Waals surface area contributed by atoms with E-state index in [4.69, 9.17) is 9.47 Å². The number of amides is 2. The van der Waals surface area contributed by atoms with E-state index in [1.54, 1.807) is 48.4 Å². The van der Waals surface area contributed by atoms with Crippen LogP contribution in [0, 0.1) is 6.92 Å². The molecule has 2 amide bonds. The third-order valence-corrected chi connectivity index (χ3v) is 9.27. The van der Waals surface area contributed by atoms with Gasteiger partial charge in [0.15, 0.2) is 0 Å². The van der Waals surface area contributed by atoms with E-state index < -0.39 is 40.1 Å². The number of piperidine rings is 1. The van der Waals surface area contributed by atoms with Gasteiger partial charge < -0.3 is 24.8 Å². The van der Waals surface area contributed by atoms with Crippen LogP contribution in [0.1, 0.15) is 36.8 Å². The largest absolute Gasteiger partial charge is 0.480 e. The van der Waals surface area contributed by atoms with Gasteiger partial charge in [-0.2, -0.15) is 4.31 Å². The van der Waals surface area contributed by atoms with Crippen molar-refractivity contribution in [2.45, 2.75) is 62.1 Å². The van der Waals surface area contributed by atoms with Crippen LogP contribution in [0.2, 0.25) is 0 Å². The summed E-state index contributed by atoms with van der Waals surface area (Å²) in [5.41, 5.74) is 1.51. The molecule has 0 unspecified atom stereocenters. The SMILES string of the molecule is COC1CCN(C(=O)Oc2ccc(C[C@H](NC(=O)[C@@H]3CCCN3S(=O)(=O)c3ccc(C)cc3)C(=O)O)cc2)CC1. The highest BCUT2D eigenvalue weighted by molar-refractivity contribution is 7.89. The van der Waals surface area contributed by atoms with Crippen LogP contribution < -0.4 is 10.1 Å². The molecule has 0 aliphatic carbocycles. The van der Waals surface area contributed by atoms with E-state index in [2.05, 4.69) is 5.32 Å². The number of methoxy groups -OCH3 is 1. The maximum atomic E-state index is 13.2. The molecule has 2 atom stereocenters. The van der Waals surface area contributed by atoms with Crippen LogP contribution in [-0.2, 0) is 30.8 Å². The number of carboxylic acids is 1. The highest BCUT2D eigenvalue weighted by Gasteiger charge is 2.40. The van der Waals surface area contributed by atoms with Crippen LogP contribution >= 0.6 is 0 Å². The Balaban J connectivity index is 1.36. The fraction of sp³-hybridized carbons (Fsp3) is 0.464. The molecule has 2 aromatic rings. The van der Waals surface area contributed by atoms with Crippen LogP contribution in [0.3, 0.4) is 0 Å². The van der Waals surface area contributed by atoms with Crippen molar-refractivity contribution in [1.29, 1.82) is 0 Å². The number of ether oxygens (including phenoxy) is 2. The number of aryl methyl sites for hydroxylation is 1. The molecule has 0 aromatic heterocycles. The van der Waals surface area contributed by atoms with Gasteiger partial charge in [-0.05, 0) is 62.4 Å². The standard InChI is InChI=1S/C28H35N3O8S/c1-19-5-11-23(12-6-19)40(36,37)31-15-3-4-25(31)26(32)29-24(27(33)34)18-20-7-9-22(10-8-20)39-28(35)30-16-13-21(38-2)14-17-30/h5-12,21,24-25H,3-4,13-18H2,1-2H3,(H,29,32)(H,33,34)/t24-,25-/m0/s1. The fourth-order valence-corrected chi connectivity index (χ4v) is 6.63. The zero-order valence-electron chi connectivity index (χ0n) is 22.6. The number of likely N-dealkylation sites (tertiary alicyclic amines) is 1. The smallest absolute Gasteiger partial charge is 0.415 e. The zero-order chi connectivity index (χ0) is 28.9. The van der Waals surface area contributed by atoms with E-state index in [1.807, 2.05) is 6.92 Å². The van der Waals surface area contributed by atoms with Gasteiger partial charge in [-0.3, -0.25) is 4.79 Å². The number of aliphatic carboxylic acids is 1. The number of sulfonamides is 1. The number of rotatable bonds is 9. The van der Waals surface area contributed by atoms with Crippen molar-refractivity contribution in [3.63, 3.8) is 0 Å². The summed E-state index contributed by atoms with van der Waals surface area (Å²) in [7, 11) is -2.26. The van der Waals surface area contributed by atoms with E-state index in [1.165, 1.54) is 12.1 Å². The van der Waals surface area contributed by atoms with Gasteiger partial charge in [0, 0.05) is 33.2 Å². The van der Waals surface area contributed by atoms with E-state index in [-0.39, 0.29) is 24.0 Å². The lowest BCUT2D eigenvalue weighted by Crippen LogP contribution is -2.51. The molecule has 40 heavy (non-hydrogen) atoms. The summed E-state index contributed by atoms with van der Waals surface area (Å²) in [5.74, 6) is -1.57. The summed E-state index contributed by atoms with van der Waals surface area (Å²) in [6.07, 6.45) is 1.92. The number of nitrogens with zero attached hydrogens (tertiary/aromatic N) is 2. The summed E-state index contributed by atoms with van der Waals surface area (Å²) < 4.78 is 38.3. The summed E-state index contributed by atoms with van der Waals surface area (Å²) in [6, 6.07) is 10.5. The molecular weight excluding hydrogens is 538 g/mol. The topological polar surface area (TPSA) is 143 Å². The van der Waals surface area contributed by atoms with E-state index in [0.29, 0.717) is 37.2 Å². The molecule has 216 valence electrons. The Morgan fingerprint density at radius 3 is 2.25 bits per heavy atom.